The van der Waals surface area contributed by atoms with Crippen LogP contribution >= 0.6 is 0 Å². The molecule has 8 heteroatoms. The van der Waals surface area contributed by atoms with E-state index in [0.717, 1.165) is 22.0 Å². The number of nitrogens with two attached hydrogens (primary N) is 1. The Morgan fingerprint density at radius 2 is 2.13 bits per heavy atom. The number of nitrogens with zero attached hydrogens (tertiary/aromatic N) is 3. The second kappa shape index (κ2) is 5.02. The van der Waals surface area contributed by atoms with E-state index in [9.17, 15) is 12.8 Å². The lowest BCUT2D eigenvalue weighted by Crippen LogP contribution is -2.50. The molecule has 0 saturated heterocycles. The molecule has 124 valence electrons. The number of guanidine groups is 1. The smallest absolute Gasteiger partial charge is 0.239 e. The van der Waals surface area contributed by atoms with E-state index in [2.05, 4.69) is 9.98 Å². The molecule has 3 rings (SSSR count). The summed E-state index contributed by atoms with van der Waals surface area (Å²) >= 11 is 0. The van der Waals surface area contributed by atoms with E-state index >= 15 is 0 Å². The van der Waals surface area contributed by atoms with Crippen LogP contribution in [0.25, 0.3) is 0 Å². The van der Waals surface area contributed by atoms with E-state index in [1.54, 1.807) is 13.0 Å². The third-order valence-corrected chi connectivity index (χ3v) is 6.34. The highest BCUT2D eigenvalue weighted by atomic mass is 32.2. The third kappa shape index (κ3) is 2.50. The summed E-state index contributed by atoms with van der Waals surface area (Å²) in [6, 6.07) is 3.03. The van der Waals surface area contributed by atoms with Gasteiger partial charge in [0.1, 0.15) is 11.4 Å². The second-order valence-corrected chi connectivity index (χ2v) is 8.14. The van der Waals surface area contributed by atoms with Gasteiger partial charge in [-0.05, 0) is 25.0 Å². The van der Waals surface area contributed by atoms with Gasteiger partial charge in [-0.1, -0.05) is 6.92 Å². The van der Waals surface area contributed by atoms with Crippen molar-refractivity contribution in [3.8, 4) is 0 Å². The monoisotopic (exact) mass is 338 g/mol. The Hall–Kier alpha value is -1.96. The minimum absolute atomic E-state index is 0.135. The normalized spacial score (nSPS) is 25.8. The van der Waals surface area contributed by atoms with Gasteiger partial charge in [-0.15, -0.1) is 0 Å². The van der Waals surface area contributed by atoms with Gasteiger partial charge in [0.15, 0.2) is 0 Å². The van der Waals surface area contributed by atoms with E-state index in [1.165, 1.54) is 13.1 Å². The van der Waals surface area contributed by atoms with Crippen molar-refractivity contribution in [2.75, 3.05) is 12.8 Å². The first-order valence-corrected chi connectivity index (χ1v) is 8.98. The van der Waals surface area contributed by atoms with Gasteiger partial charge in [-0.25, -0.2) is 22.1 Å². The van der Waals surface area contributed by atoms with Crippen molar-refractivity contribution < 1.29 is 12.8 Å². The number of aliphatic imine (C=N–C) groups is 2. The molecule has 0 radical (unpaired) electrons. The molecule has 2 N–H and O–H groups in total. The molecule has 2 heterocycles. The average molecular weight is 338 g/mol. The van der Waals surface area contributed by atoms with Crippen molar-refractivity contribution in [1.82, 2.24) is 4.31 Å². The number of benzene rings is 1. The highest BCUT2D eigenvalue weighted by Crippen LogP contribution is 2.38. The zero-order chi connectivity index (χ0) is 17.0. The fraction of sp³-hybridized carbons (Fsp3) is 0.467. The van der Waals surface area contributed by atoms with Crippen LogP contribution in [-0.2, 0) is 22.0 Å². The van der Waals surface area contributed by atoms with Gasteiger partial charge in [0, 0.05) is 30.8 Å². The molecular formula is C15H19FN4O2S. The zero-order valence-corrected chi connectivity index (χ0v) is 14.1. The molecule has 0 saturated carbocycles. The molecule has 2 aliphatic heterocycles. The summed E-state index contributed by atoms with van der Waals surface area (Å²) in [6.45, 7) is 3.59. The lowest BCUT2D eigenvalue weighted by Gasteiger charge is -2.34. The number of halogens is 1. The second-order valence-electron chi connectivity index (χ2n) is 6.14. The van der Waals surface area contributed by atoms with Crippen molar-refractivity contribution >= 4 is 27.4 Å². The lowest BCUT2D eigenvalue weighted by molar-refractivity contribution is 0.458. The SMILES string of the molecule is CCC1=Nc2cc(F)c([C@]3(C)CS(=O)(=O)N(C)C(N)=N3)cc2C1. The molecule has 0 spiro atoms. The standard InChI is InChI=1S/C15H19FN4O2S/c1-4-10-5-9-6-11(12(16)7-13(9)18-10)15(2)8-23(21,22)20(3)14(17)19-15/h6-7H,4-5,8H2,1-3H3,(H2,17,19)/t15-/m0/s1. The van der Waals surface area contributed by atoms with Crippen LogP contribution in [0.4, 0.5) is 10.1 Å². The number of rotatable bonds is 2. The minimum atomic E-state index is -3.63. The van der Waals surface area contributed by atoms with Crippen LogP contribution in [0.5, 0.6) is 0 Å². The van der Waals surface area contributed by atoms with Crippen LogP contribution in [-0.4, -0.2) is 37.2 Å². The Balaban J connectivity index is 2.11. The Morgan fingerprint density at radius 1 is 1.43 bits per heavy atom. The highest BCUT2D eigenvalue weighted by Gasteiger charge is 2.42. The molecule has 2 aliphatic rings. The Labute approximate surface area is 135 Å². The molecular weight excluding hydrogens is 319 g/mol. The number of hydrogen-bond donors (Lipinski definition) is 1. The van der Waals surface area contributed by atoms with Crippen LogP contribution < -0.4 is 5.73 Å². The molecule has 23 heavy (non-hydrogen) atoms. The van der Waals surface area contributed by atoms with Gasteiger partial charge in [0.2, 0.25) is 16.0 Å². The van der Waals surface area contributed by atoms with Crippen molar-refractivity contribution in [2.45, 2.75) is 32.2 Å². The lowest BCUT2D eigenvalue weighted by atomic mass is 9.91. The third-order valence-electron chi connectivity index (χ3n) is 4.39. The van der Waals surface area contributed by atoms with Crippen LogP contribution in [0.2, 0.25) is 0 Å². The molecule has 0 fully saturated rings. The molecule has 6 nitrogen and oxygen atoms in total. The fourth-order valence-corrected chi connectivity index (χ4v) is 4.44. The first kappa shape index (κ1) is 15.9. The van der Waals surface area contributed by atoms with E-state index < -0.39 is 21.4 Å². The quantitative estimate of drug-likeness (QED) is 0.889. The topological polar surface area (TPSA) is 88.1 Å². The number of sulfonamides is 1. The summed E-state index contributed by atoms with van der Waals surface area (Å²) in [4.78, 5) is 8.64. The summed E-state index contributed by atoms with van der Waals surface area (Å²) in [5, 5.41) is 0. The highest BCUT2D eigenvalue weighted by molar-refractivity contribution is 7.89. The molecule has 0 amide bonds. The maximum Gasteiger partial charge on any atom is 0.239 e. The van der Waals surface area contributed by atoms with E-state index in [4.69, 9.17) is 5.73 Å². The number of hydrogen-bond acceptors (Lipinski definition) is 5. The van der Waals surface area contributed by atoms with E-state index in [1.807, 2.05) is 6.92 Å². The Kier molecular flexibility index (Phi) is 3.47. The predicted molar refractivity (Wildman–Crippen MR) is 88.0 cm³/mol. The maximum absolute atomic E-state index is 14.6. The molecule has 1 aromatic rings. The zero-order valence-electron chi connectivity index (χ0n) is 13.3. The molecule has 1 aromatic carbocycles. The summed E-state index contributed by atoms with van der Waals surface area (Å²) in [5.41, 5.74) is 7.21. The summed E-state index contributed by atoms with van der Waals surface area (Å²) in [7, 11) is -2.29. The first-order chi connectivity index (χ1) is 10.7. The van der Waals surface area contributed by atoms with Gasteiger partial charge < -0.3 is 5.73 Å². The molecule has 0 unspecified atom stereocenters. The Morgan fingerprint density at radius 3 is 2.74 bits per heavy atom. The van der Waals surface area contributed by atoms with Crippen molar-refractivity contribution in [3.63, 3.8) is 0 Å². The summed E-state index contributed by atoms with van der Waals surface area (Å²) < 4.78 is 40.0. The van der Waals surface area contributed by atoms with Crippen molar-refractivity contribution in [2.24, 2.45) is 15.7 Å². The first-order valence-electron chi connectivity index (χ1n) is 7.37. The molecule has 1 atom stereocenters. The van der Waals surface area contributed by atoms with Gasteiger partial charge in [0.25, 0.3) is 0 Å². The minimum Gasteiger partial charge on any atom is -0.369 e. The summed E-state index contributed by atoms with van der Waals surface area (Å²) in [5.74, 6) is -0.971. The van der Waals surface area contributed by atoms with Gasteiger partial charge in [-0.3, -0.25) is 4.99 Å². The van der Waals surface area contributed by atoms with Crippen LogP contribution in [0.3, 0.4) is 0 Å². The number of fused-ring (bicyclic) bond motifs is 1. The van der Waals surface area contributed by atoms with Gasteiger partial charge >= 0.3 is 0 Å². The van der Waals surface area contributed by atoms with Crippen LogP contribution in [0.15, 0.2) is 22.1 Å². The van der Waals surface area contributed by atoms with E-state index in [0.29, 0.717) is 12.1 Å². The van der Waals surface area contributed by atoms with Crippen molar-refractivity contribution in [3.05, 3.63) is 29.1 Å². The van der Waals surface area contributed by atoms with E-state index in [-0.39, 0.29) is 17.3 Å². The molecule has 0 bridgehead atoms. The average Bonchev–Trinajstić information content (AvgIpc) is 2.85. The predicted octanol–water partition coefficient (Wildman–Crippen LogP) is 1.67. The fourth-order valence-electron chi connectivity index (χ4n) is 2.99. The van der Waals surface area contributed by atoms with Crippen molar-refractivity contribution in [1.29, 1.82) is 0 Å². The molecule has 0 aromatic heterocycles. The summed E-state index contributed by atoms with van der Waals surface area (Å²) in [6.07, 6.45) is 1.45. The molecule has 0 aliphatic carbocycles. The van der Waals surface area contributed by atoms with Gasteiger partial charge in [0.05, 0.1) is 11.4 Å². The largest absolute Gasteiger partial charge is 0.369 e. The Bertz CT molecular complexity index is 847. The van der Waals surface area contributed by atoms with Crippen LogP contribution in [0, 0.1) is 5.82 Å². The maximum atomic E-state index is 14.6. The van der Waals surface area contributed by atoms with Crippen LogP contribution in [0.1, 0.15) is 31.4 Å². The van der Waals surface area contributed by atoms with Gasteiger partial charge in [-0.2, -0.15) is 0 Å².